The third-order valence-electron chi connectivity index (χ3n) is 4.84. The number of rotatable bonds is 5. The van der Waals surface area contributed by atoms with Crippen LogP contribution in [0.1, 0.15) is 5.69 Å². The molecule has 29 heavy (non-hydrogen) atoms. The Morgan fingerprint density at radius 1 is 1.10 bits per heavy atom. The molecule has 0 radical (unpaired) electrons. The Hall–Kier alpha value is -3.69. The molecule has 10 nitrogen and oxygen atoms in total. The van der Waals surface area contributed by atoms with Crippen LogP contribution < -0.4 is 14.5 Å². The quantitative estimate of drug-likeness (QED) is 0.479. The van der Waals surface area contributed by atoms with Gasteiger partial charge in [0.2, 0.25) is 0 Å². The minimum Gasteiger partial charge on any atom is -0.495 e. The van der Waals surface area contributed by atoms with Gasteiger partial charge in [-0.2, -0.15) is 14.8 Å². The van der Waals surface area contributed by atoms with Gasteiger partial charge in [0.05, 0.1) is 17.7 Å². The van der Waals surface area contributed by atoms with Crippen LogP contribution in [0.25, 0.3) is 5.95 Å². The molecule has 1 aliphatic heterocycles. The fourth-order valence-electron chi connectivity index (χ4n) is 3.39. The summed E-state index contributed by atoms with van der Waals surface area (Å²) in [5, 5.41) is 14.9. The molecule has 0 atom stereocenters. The molecule has 0 saturated carbocycles. The van der Waals surface area contributed by atoms with Gasteiger partial charge >= 0.3 is 5.69 Å². The lowest BCUT2D eigenvalue weighted by molar-refractivity contribution is -0.384. The first-order valence-corrected chi connectivity index (χ1v) is 9.23. The Morgan fingerprint density at radius 2 is 1.83 bits per heavy atom. The van der Waals surface area contributed by atoms with Crippen LogP contribution in [0.5, 0.6) is 5.75 Å². The van der Waals surface area contributed by atoms with E-state index in [-0.39, 0.29) is 5.69 Å². The van der Waals surface area contributed by atoms with Gasteiger partial charge in [-0.3, -0.25) is 10.1 Å². The molecule has 2 aromatic heterocycles. The smallest absolute Gasteiger partial charge is 0.307 e. The third-order valence-corrected chi connectivity index (χ3v) is 4.84. The van der Waals surface area contributed by atoms with Gasteiger partial charge in [-0.25, -0.2) is 4.98 Å². The molecule has 1 fully saturated rings. The molecular weight excluding hydrogens is 374 g/mol. The Bertz CT molecular complexity index is 1030. The lowest BCUT2D eigenvalue weighted by Gasteiger charge is -2.37. The zero-order valence-electron chi connectivity index (χ0n) is 16.2. The number of methoxy groups -OCH3 is 1. The fraction of sp³-hybridized carbons (Fsp3) is 0.316. The van der Waals surface area contributed by atoms with E-state index in [1.54, 1.807) is 7.11 Å². The van der Waals surface area contributed by atoms with Gasteiger partial charge in [0.15, 0.2) is 0 Å². The Morgan fingerprint density at radius 3 is 2.52 bits per heavy atom. The van der Waals surface area contributed by atoms with Gasteiger partial charge in [-0.05, 0) is 19.1 Å². The number of para-hydroxylation sites is 2. The molecule has 3 heterocycles. The molecule has 1 aliphatic rings. The van der Waals surface area contributed by atoms with Crippen LogP contribution >= 0.6 is 0 Å². The number of nitro groups is 1. The molecule has 0 unspecified atom stereocenters. The zero-order valence-corrected chi connectivity index (χ0v) is 16.2. The summed E-state index contributed by atoms with van der Waals surface area (Å²) in [5.41, 5.74) is 1.76. The van der Waals surface area contributed by atoms with E-state index >= 15 is 0 Å². The van der Waals surface area contributed by atoms with Crippen molar-refractivity contribution in [1.82, 2.24) is 19.7 Å². The van der Waals surface area contributed by atoms with E-state index < -0.39 is 4.92 Å². The maximum Gasteiger partial charge on any atom is 0.307 e. The first kappa shape index (κ1) is 18.7. The van der Waals surface area contributed by atoms with Crippen LogP contribution in [0.15, 0.2) is 42.7 Å². The van der Waals surface area contributed by atoms with Crippen LogP contribution in [0, 0.1) is 17.0 Å². The molecule has 0 aliphatic carbocycles. The number of aromatic nitrogens is 4. The highest BCUT2D eigenvalue weighted by atomic mass is 16.6. The molecule has 1 aromatic carbocycles. The summed E-state index contributed by atoms with van der Waals surface area (Å²) in [6.07, 6.45) is 2.51. The highest BCUT2D eigenvalue weighted by Gasteiger charge is 2.22. The summed E-state index contributed by atoms with van der Waals surface area (Å²) in [4.78, 5) is 23.8. The number of ether oxygens (including phenoxy) is 1. The van der Waals surface area contributed by atoms with Gasteiger partial charge < -0.3 is 14.5 Å². The van der Waals surface area contributed by atoms with Crippen LogP contribution in [0.3, 0.4) is 0 Å². The van der Waals surface area contributed by atoms with Crippen molar-refractivity contribution in [3.63, 3.8) is 0 Å². The van der Waals surface area contributed by atoms with Gasteiger partial charge in [-0.15, -0.1) is 0 Å². The van der Waals surface area contributed by atoms with Gasteiger partial charge in [0, 0.05) is 37.9 Å². The van der Waals surface area contributed by atoms with Crippen LogP contribution in [0.4, 0.5) is 17.2 Å². The van der Waals surface area contributed by atoms with Crippen molar-refractivity contribution in [2.24, 2.45) is 0 Å². The number of aryl methyl sites for hydroxylation is 1. The molecule has 150 valence electrons. The minimum atomic E-state index is -0.489. The second-order valence-electron chi connectivity index (χ2n) is 6.71. The van der Waals surface area contributed by atoms with Crippen molar-refractivity contribution in [1.29, 1.82) is 0 Å². The van der Waals surface area contributed by atoms with E-state index in [1.807, 2.05) is 31.2 Å². The molecule has 3 aromatic rings. The largest absolute Gasteiger partial charge is 0.495 e. The monoisotopic (exact) mass is 395 g/mol. The van der Waals surface area contributed by atoms with Gasteiger partial charge in [0.1, 0.15) is 24.0 Å². The lowest BCUT2D eigenvalue weighted by atomic mass is 10.2. The number of anilines is 2. The van der Waals surface area contributed by atoms with E-state index in [1.165, 1.54) is 17.1 Å². The van der Waals surface area contributed by atoms with Crippen molar-refractivity contribution in [2.75, 3.05) is 43.1 Å². The van der Waals surface area contributed by atoms with Crippen molar-refractivity contribution < 1.29 is 9.66 Å². The van der Waals surface area contributed by atoms with Crippen molar-refractivity contribution in [3.8, 4) is 11.7 Å². The van der Waals surface area contributed by atoms with Crippen molar-refractivity contribution in [2.45, 2.75) is 6.92 Å². The average Bonchev–Trinajstić information content (AvgIpc) is 3.24. The van der Waals surface area contributed by atoms with E-state index in [0.717, 1.165) is 49.1 Å². The van der Waals surface area contributed by atoms with E-state index in [0.29, 0.717) is 5.95 Å². The van der Waals surface area contributed by atoms with Gasteiger partial charge in [-0.1, -0.05) is 12.1 Å². The zero-order chi connectivity index (χ0) is 20.4. The van der Waals surface area contributed by atoms with Crippen molar-refractivity contribution >= 4 is 17.2 Å². The number of nitrogens with zero attached hydrogens (tertiary/aromatic N) is 7. The molecule has 0 amide bonds. The molecule has 0 N–H and O–H groups in total. The number of benzene rings is 1. The summed E-state index contributed by atoms with van der Waals surface area (Å²) in [6, 6.07) is 9.91. The fourth-order valence-corrected chi connectivity index (χ4v) is 3.39. The summed E-state index contributed by atoms with van der Waals surface area (Å²) >= 11 is 0. The predicted octanol–water partition coefficient (Wildman–Crippen LogP) is 2.21. The highest BCUT2D eigenvalue weighted by molar-refractivity contribution is 5.59. The standard InChI is InChI=1S/C19H21N7O3/c1-14-11-18(22-19(21-14)25-13-15(12-20-25)26(27)28)24-9-7-23(8-10-24)16-5-3-4-6-17(16)29-2/h3-6,11-13H,7-10H2,1-2H3. The second kappa shape index (κ2) is 7.74. The predicted molar refractivity (Wildman–Crippen MR) is 108 cm³/mol. The van der Waals surface area contributed by atoms with Crippen molar-refractivity contribution in [3.05, 3.63) is 58.5 Å². The normalized spacial score (nSPS) is 14.1. The van der Waals surface area contributed by atoms with Gasteiger partial charge in [0.25, 0.3) is 5.95 Å². The Balaban J connectivity index is 1.52. The number of hydrogen-bond acceptors (Lipinski definition) is 8. The SMILES string of the molecule is COc1ccccc1N1CCN(c2cc(C)nc(-n3cc([N+](=O)[O-])cn3)n2)CC1. The first-order valence-electron chi connectivity index (χ1n) is 9.23. The lowest BCUT2D eigenvalue weighted by Crippen LogP contribution is -2.47. The minimum absolute atomic E-state index is 0.0953. The maximum absolute atomic E-state index is 10.9. The number of piperazine rings is 1. The molecule has 0 spiro atoms. The van der Waals surface area contributed by atoms with E-state index in [4.69, 9.17) is 4.74 Å². The average molecular weight is 395 g/mol. The number of hydrogen-bond donors (Lipinski definition) is 0. The molecular formula is C19H21N7O3. The first-order chi connectivity index (χ1) is 14.0. The van der Waals surface area contributed by atoms with Crippen LogP contribution in [0.2, 0.25) is 0 Å². The van der Waals surface area contributed by atoms with Crippen LogP contribution in [-0.4, -0.2) is 58.0 Å². The Kier molecular flexibility index (Phi) is 4.98. The second-order valence-corrected chi connectivity index (χ2v) is 6.71. The summed E-state index contributed by atoms with van der Waals surface area (Å²) in [7, 11) is 1.68. The summed E-state index contributed by atoms with van der Waals surface area (Å²) < 4.78 is 6.81. The molecule has 10 heteroatoms. The summed E-state index contributed by atoms with van der Waals surface area (Å²) in [6.45, 7) is 5.09. The maximum atomic E-state index is 10.9. The van der Waals surface area contributed by atoms with E-state index in [2.05, 4.69) is 30.9 Å². The summed E-state index contributed by atoms with van der Waals surface area (Å²) in [5.74, 6) is 1.96. The molecule has 4 rings (SSSR count). The topological polar surface area (TPSA) is 102 Å². The highest BCUT2D eigenvalue weighted by Crippen LogP contribution is 2.29. The molecule has 1 saturated heterocycles. The third kappa shape index (κ3) is 3.82. The molecule has 0 bridgehead atoms. The Labute approximate surface area is 167 Å². The van der Waals surface area contributed by atoms with Crippen LogP contribution in [-0.2, 0) is 0 Å². The van der Waals surface area contributed by atoms with E-state index in [9.17, 15) is 10.1 Å².